The number of rotatable bonds is 8. The first-order valence-electron chi connectivity index (χ1n) is 8.36. The normalized spacial score (nSPS) is 17.3. The van der Waals surface area contributed by atoms with Crippen LogP contribution in [0.4, 0.5) is 0 Å². The molecule has 0 aromatic heterocycles. The van der Waals surface area contributed by atoms with Gasteiger partial charge in [0.15, 0.2) is 0 Å². The number of nitrogens with one attached hydrogen (secondary N) is 2. The summed E-state index contributed by atoms with van der Waals surface area (Å²) in [7, 11) is 0. The molecule has 2 amide bonds. The van der Waals surface area contributed by atoms with Crippen molar-refractivity contribution in [2.45, 2.75) is 52.9 Å². The van der Waals surface area contributed by atoms with Gasteiger partial charge in [0.2, 0.25) is 11.8 Å². The average molecular weight is 297 g/mol. The molecule has 0 aliphatic carbocycles. The van der Waals surface area contributed by atoms with Crippen molar-refractivity contribution < 1.29 is 9.59 Å². The van der Waals surface area contributed by atoms with Gasteiger partial charge >= 0.3 is 0 Å². The maximum Gasteiger partial charge on any atom is 0.239 e. The number of nitrogens with zero attached hydrogens (tertiary/aromatic N) is 1. The second-order valence-electron chi connectivity index (χ2n) is 5.96. The molecule has 5 heteroatoms. The minimum absolute atomic E-state index is 0.0427. The zero-order valence-corrected chi connectivity index (χ0v) is 13.8. The summed E-state index contributed by atoms with van der Waals surface area (Å²) >= 11 is 0. The molecule has 122 valence electrons. The third kappa shape index (κ3) is 4.99. The summed E-state index contributed by atoms with van der Waals surface area (Å²) in [4.78, 5) is 26.7. The van der Waals surface area contributed by atoms with Crippen LogP contribution in [0.5, 0.6) is 0 Å². The molecule has 0 unspecified atom stereocenters. The van der Waals surface area contributed by atoms with Gasteiger partial charge in [-0.15, -0.1) is 0 Å². The Kier molecular flexibility index (Phi) is 7.72. The van der Waals surface area contributed by atoms with E-state index < -0.39 is 0 Å². The molecular formula is C16H31N3O2. The smallest absolute Gasteiger partial charge is 0.239 e. The summed E-state index contributed by atoms with van der Waals surface area (Å²) in [6.07, 6.45) is 4.39. The predicted octanol–water partition coefficient (Wildman–Crippen LogP) is 1.53. The van der Waals surface area contributed by atoms with E-state index in [1.54, 1.807) is 4.90 Å². The van der Waals surface area contributed by atoms with E-state index in [-0.39, 0.29) is 23.8 Å². The van der Waals surface area contributed by atoms with Crippen molar-refractivity contribution in [2.24, 2.45) is 5.41 Å². The van der Waals surface area contributed by atoms with E-state index >= 15 is 0 Å². The van der Waals surface area contributed by atoms with Crippen molar-refractivity contribution in [1.29, 1.82) is 0 Å². The third-order valence-electron chi connectivity index (χ3n) is 4.38. The zero-order chi connectivity index (χ0) is 15.7. The van der Waals surface area contributed by atoms with Gasteiger partial charge in [-0.1, -0.05) is 20.8 Å². The first kappa shape index (κ1) is 18.0. The van der Waals surface area contributed by atoms with Crippen molar-refractivity contribution in [3.8, 4) is 0 Å². The highest BCUT2D eigenvalue weighted by Gasteiger charge is 2.40. The maximum absolute atomic E-state index is 13.0. The molecule has 0 radical (unpaired) electrons. The van der Waals surface area contributed by atoms with Crippen molar-refractivity contribution >= 4 is 11.8 Å². The zero-order valence-electron chi connectivity index (χ0n) is 13.8. The van der Waals surface area contributed by atoms with Crippen LogP contribution in [0.1, 0.15) is 52.9 Å². The summed E-state index contributed by atoms with van der Waals surface area (Å²) in [5.41, 5.74) is -0.272. The Balaban J connectivity index is 2.72. The van der Waals surface area contributed by atoms with Crippen LogP contribution < -0.4 is 10.6 Å². The molecule has 1 rings (SSSR count). The Hall–Kier alpha value is -1.10. The summed E-state index contributed by atoms with van der Waals surface area (Å²) in [5.74, 6) is 0.124. The van der Waals surface area contributed by atoms with Crippen LogP contribution in [0, 0.1) is 5.41 Å². The molecule has 1 heterocycles. The Labute approximate surface area is 128 Å². The van der Waals surface area contributed by atoms with Crippen LogP contribution in [0.25, 0.3) is 0 Å². The Morgan fingerprint density at radius 3 is 2.33 bits per heavy atom. The molecule has 0 aromatic rings. The lowest BCUT2D eigenvalue weighted by atomic mass is 9.75. The van der Waals surface area contributed by atoms with E-state index in [0.29, 0.717) is 13.1 Å². The topological polar surface area (TPSA) is 61.4 Å². The van der Waals surface area contributed by atoms with Crippen LogP contribution >= 0.6 is 0 Å². The average Bonchev–Trinajstić information content (AvgIpc) is 2.52. The van der Waals surface area contributed by atoms with Gasteiger partial charge in [-0.05, 0) is 45.2 Å². The fraction of sp³-hybridized carbons (Fsp3) is 0.875. The lowest BCUT2D eigenvalue weighted by Crippen LogP contribution is -2.51. The standard InChI is InChI=1S/C16H31N3O2/c1-4-9-18-14(20)13-19(12-5-2)15(21)16(6-3)7-10-17-11-8-16/h17H,4-13H2,1-3H3,(H,18,20). The van der Waals surface area contributed by atoms with E-state index in [2.05, 4.69) is 17.6 Å². The maximum atomic E-state index is 13.0. The molecule has 1 saturated heterocycles. The highest BCUT2D eigenvalue weighted by atomic mass is 16.2. The van der Waals surface area contributed by atoms with E-state index in [4.69, 9.17) is 0 Å². The molecular weight excluding hydrogens is 266 g/mol. The molecule has 1 aliphatic heterocycles. The van der Waals surface area contributed by atoms with E-state index in [0.717, 1.165) is 45.2 Å². The fourth-order valence-electron chi connectivity index (χ4n) is 2.98. The van der Waals surface area contributed by atoms with Crippen LogP contribution in [0.15, 0.2) is 0 Å². The minimum atomic E-state index is -0.272. The molecule has 0 aromatic carbocycles. The van der Waals surface area contributed by atoms with Crippen LogP contribution in [0.2, 0.25) is 0 Å². The highest BCUT2D eigenvalue weighted by Crippen LogP contribution is 2.34. The summed E-state index contributed by atoms with van der Waals surface area (Å²) in [5, 5.41) is 6.18. The van der Waals surface area contributed by atoms with Gasteiger partial charge in [-0.25, -0.2) is 0 Å². The minimum Gasteiger partial charge on any atom is -0.355 e. The number of carbonyl (C=O) groups excluding carboxylic acids is 2. The fourth-order valence-corrected chi connectivity index (χ4v) is 2.98. The van der Waals surface area contributed by atoms with Crippen LogP contribution in [0.3, 0.4) is 0 Å². The Morgan fingerprint density at radius 2 is 1.81 bits per heavy atom. The van der Waals surface area contributed by atoms with Gasteiger partial charge in [0.05, 0.1) is 12.0 Å². The number of amides is 2. The molecule has 1 fully saturated rings. The van der Waals surface area contributed by atoms with Crippen molar-refractivity contribution in [3.63, 3.8) is 0 Å². The molecule has 2 N–H and O–H groups in total. The van der Waals surface area contributed by atoms with E-state index in [9.17, 15) is 9.59 Å². The van der Waals surface area contributed by atoms with Gasteiger partial charge in [-0.3, -0.25) is 9.59 Å². The Bertz CT molecular complexity index is 338. The quantitative estimate of drug-likeness (QED) is 0.714. The van der Waals surface area contributed by atoms with Gasteiger partial charge in [0.25, 0.3) is 0 Å². The lowest BCUT2D eigenvalue weighted by molar-refractivity contribution is -0.146. The lowest BCUT2D eigenvalue weighted by Gasteiger charge is -2.39. The van der Waals surface area contributed by atoms with Gasteiger partial charge in [-0.2, -0.15) is 0 Å². The second-order valence-corrected chi connectivity index (χ2v) is 5.96. The molecule has 0 spiro atoms. The third-order valence-corrected chi connectivity index (χ3v) is 4.38. The first-order chi connectivity index (χ1) is 10.1. The van der Waals surface area contributed by atoms with Crippen LogP contribution in [-0.4, -0.2) is 49.4 Å². The summed E-state index contributed by atoms with van der Waals surface area (Å²) < 4.78 is 0. The van der Waals surface area contributed by atoms with Gasteiger partial charge < -0.3 is 15.5 Å². The predicted molar refractivity (Wildman–Crippen MR) is 85.0 cm³/mol. The second kappa shape index (κ2) is 9.03. The van der Waals surface area contributed by atoms with E-state index in [1.807, 2.05) is 13.8 Å². The van der Waals surface area contributed by atoms with Crippen molar-refractivity contribution in [2.75, 3.05) is 32.7 Å². The molecule has 0 bridgehead atoms. The molecule has 5 nitrogen and oxygen atoms in total. The van der Waals surface area contributed by atoms with Crippen LogP contribution in [-0.2, 0) is 9.59 Å². The number of piperidine rings is 1. The SMILES string of the molecule is CCCNC(=O)CN(CCC)C(=O)C1(CC)CCNCC1. The first-order valence-corrected chi connectivity index (χ1v) is 8.36. The van der Waals surface area contributed by atoms with Crippen molar-refractivity contribution in [3.05, 3.63) is 0 Å². The molecule has 1 aliphatic rings. The van der Waals surface area contributed by atoms with Gasteiger partial charge in [0.1, 0.15) is 0 Å². The van der Waals surface area contributed by atoms with Crippen molar-refractivity contribution in [1.82, 2.24) is 15.5 Å². The number of hydrogen-bond acceptors (Lipinski definition) is 3. The molecule has 0 saturated carbocycles. The highest BCUT2D eigenvalue weighted by molar-refractivity contribution is 5.88. The Morgan fingerprint density at radius 1 is 1.14 bits per heavy atom. The molecule has 0 atom stereocenters. The largest absolute Gasteiger partial charge is 0.355 e. The van der Waals surface area contributed by atoms with Gasteiger partial charge in [0, 0.05) is 13.1 Å². The monoisotopic (exact) mass is 297 g/mol. The number of carbonyl (C=O) groups is 2. The summed E-state index contributed by atoms with van der Waals surface area (Å²) in [6.45, 7) is 9.47. The van der Waals surface area contributed by atoms with E-state index in [1.165, 1.54) is 0 Å². The summed E-state index contributed by atoms with van der Waals surface area (Å²) in [6, 6.07) is 0. The number of hydrogen-bond donors (Lipinski definition) is 2. The molecule has 21 heavy (non-hydrogen) atoms.